The molecule has 64 valence electrons. The fourth-order valence-electron chi connectivity index (χ4n) is 0.727. The average Bonchev–Trinajstić information content (AvgIpc) is 2.32. The predicted octanol–water partition coefficient (Wildman–Crippen LogP) is 1.61. The standard InChI is InChI=1S/C6H5F2N3S/c1-11-5(12-6(7)8)4(2-9)3-10-11/h3,6H,1H3. The quantitative estimate of drug-likeness (QED) is 0.663. The Labute approximate surface area is 72.0 Å². The lowest BCUT2D eigenvalue weighted by Gasteiger charge is -1.99. The smallest absolute Gasteiger partial charge is 0.261 e. The van der Waals surface area contributed by atoms with Crippen LogP contribution >= 0.6 is 11.8 Å². The molecule has 6 heteroatoms. The second-order valence-corrected chi connectivity index (χ2v) is 2.96. The summed E-state index contributed by atoms with van der Waals surface area (Å²) < 4.78 is 25.1. The highest BCUT2D eigenvalue weighted by Gasteiger charge is 2.13. The number of rotatable bonds is 2. The van der Waals surface area contributed by atoms with E-state index >= 15 is 0 Å². The van der Waals surface area contributed by atoms with Gasteiger partial charge in [-0.1, -0.05) is 0 Å². The number of hydrogen-bond acceptors (Lipinski definition) is 3. The van der Waals surface area contributed by atoms with Gasteiger partial charge < -0.3 is 0 Å². The number of nitrogens with zero attached hydrogens (tertiary/aromatic N) is 3. The molecule has 0 aliphatic rings. The summed E-state index contributed by atoms with van der Waals surface area (Å²) in [6.07, 6.45) is 1.27. The van der Waals surface area contributed by atoms with Gasteiger partial charge in [-0.25, -0.2) is 0 Å². The lowest BCUT2D eigenvalue weighted by atomic mass is 10.4. The number of aromatic nitrogens is 2. The summed E-state index contributed by atoms with van der Waals surface area (Å²) >= 11 is 0.328. The Bertz CT molecular complexity index is 315. The van der Waals surface area contributed by atoms with Gasteiger partial charge in [0.15, 0.2) is 0 Å². The topological polar surface area (TPSA) is 41.6 Å². The molecule has 0 fully saturated rings. The van der Waals surface area contributed by atoms with E-state index < -0.39 is 5.76 Å². The van der Waals surface area contributed by atoms with Gasteiger partial charge in [-0.15, -0.1) is 0 Å². The maximum Gasteiger partial charge on any atom is 0.290 e. The molecular formula is C6H5F2N3S. The molecule has 0 aliphatic carbocycles. The van der Waals surface area contributed by atoms with Gasteiger partial charge in [0.05, 0.1) is 6.20 Å². The van der Waals surface area contributed by atoms with E-state index in [1.165, 1.54) is 17.9 Å². The Hall–Kier alpha value is -1.09. The van der Waals surface area contributed by atoms with E-state index in [9.17, 15) is 8.78 Å². The molecule has 0 N–H and O–H groups in total. The van der Waals surface area contributed by atoms with E-state index in [0.717, 1.165) is 0 Å². The van der Waals surface area contributed by atoms with Crippen LogP contribution in [0.5, 0.6) is 0 Å². The van der Waals surface area contributed by atoms with Crippen molar-refractivity contribution in [3.05, 3.63) is 11.8 Å². The Kier molecular flexibility index (Phi) is 2.65. The van der Waals surface area contributed by atoms with Crippen LogP contribution in [0.3, 0.4) is 0 Å². The van der Waals surface area contributed by atoms with Crippen LogP contribution in [0.15, 0.2) is 11.2 Å². The van der Waals surface area contributed by atoms with Crippen LogP contribution in [0, 0.1) is 11.3 Å². The molecule has 1 aromatic heterocycles. The summed E-state index contributed by atoms with van der Waals surface area (Å²) in [6, 6.07) is 1.78. The minimum Gasteiger partial charge on any atom is -0.261 e. The lowest BCUT2D eigenvalue weighted by Crippen LogP contribution is -1.95. The monoisotopic (exact) mass is 189 g/mol. The summed E-state index contributed by atoms with van der Waals surface area (Å²) in [7, 11) is 1.52. The van der Waals surface area contributed by atoms with E-state index in [4.69, 9.17) is 5.26 Å². The van der Waals surface area contributed by atoms with Crippen molar-refractivity contribution < 1.29 is 8.78 Å². The highest BCUT2D eigenvalue weighted by atomic mass is 32.2. The molecule has 0 unspecified atom stereocenters. The molecule has 0 aliphatic heterocycles. The summed E-state index contributed by atoms with van der Waals surface area (Å²) in [6.45, 7) is 0. The van der Waals surface area contributed by atoms with Crippen molar-refractivity contribution in [1.29, 1.82) is 5.26 Å². The molecule has 1 heterocycles. The molecule has 1 aromatic rings. The van der Waals surface area contributed by atoms with E-state index in [0.29, 0.717) is 11.8 Å². The summed E-state index contributed by atoms with van der Waals surface area (Å²) in [5.41, 5.74) is 0.183. The van der Waals surface area contributed by atoms with Gasteiger partial charge in [-0.2, -0.15) is 19.1 Å². The van der Waals surface area contributed by atoms with Crippen molar-refractivity contribution >= 4 is 11.8 Å². The molecule has 0 radical (unpaired) electrons. The largest absolute Gasteiger partial charge is 0.290 e. The maximum atomic E-state index is 11.9. The molecule has 0 amide bonds. The summed E-state index contributed by atoms with van der Waals surface area (Å²) in [5.74, 6) is -2.52. The molecule has 0 atom stereocenters. The van der Waals surface area contributed by atoms with Crippen molar-refractivity contribution in [2.45, 2.75) is 10.8 Å². The molecule has 1 rings (SSSR count). The Morgan fingerprint density at radius 3 is 2.92 bits per heavy atom. The zero-order valence-electron chi connectivity index (χ0n) is 6.16. The van der Waals surface area contributed by atoms with Crippen LogP contribution in [-0.2, 0) is 7.05 Å². The van der Waals surface area contributed by atoms with E-state index in [2.05, 4.69) is 5.10 Å². The molecule has 3 nitrogen and oxygen atoms in total. The summed E-state index contributed by atoms with van der Waals surface area (Å²) in [5, 5.41) is 12.4. The zero-order chi connectivity index (χ0) is 9.14. The van der Waals surface area contributed by atoms with Crippen LogP contribution < -0.4 is 0 Å². The minimum absolute atomic E-state index is 0.183. The van der Waals surface area contributed by atoms with Crippen molar-refractivity contribution in [2.75, 3.05) is 0 Å². The second-order valence-electron chi connectivity index (χ2n) is 1.98. The third-order valence-electron chi connectivity index (χ3n) is 1.21. The summed E-state index contributed by atoms with van der Waals surface area (Å²) in [4.78, 5) is 0. The molecule has 0 saturated heterocycles. The first-order chi connectivity index (χ1) is 5.65. The fraction of sp³-hybridized carbons (Fsp3) is 0.333. The number of thioether (sulfide) groups is 1. The highest BCUT2D eigenvalue weighted by Crippen LogP contribution is 2.27. The number of nitriles is 1. The van der Waals surface area contributed by atoms with Crippen LogP contribution in [0.1, 0.15) is 5.56 Å². The van der Waals surface area contributed by atoms with Gasteiger partial charge in [-0.3, -0.25) is 4.68 Å². The molecule has 12 heavy (non-hydrogen) atoms. The number of aryl methyl sites for hydroxylation is 1. The highest BCUT2D eigenvalue weighted by molar-refractivity contribution is 7.99. The van der Waals surface area contributed by atoms with E-state index in [1.54, 1.807) is 6.07 Å². The van der Waals surface area contributed by atoms with Crippen LogP contribution in [0.25, 0.3) is 0 Å². The Balaban J connectivity index is 2.96. The zero-order valence-corrected chi connectivity index (χ0v) is 6.98. The van der Waals surface area contributed by atoms with Gasteiger partial charge in [0.25, 0.3) is 5.76 Å². The molecule has 0 bridgehead atoms. The minimum atomic E-state index is -2.52. The SMILES string of the molecule is Cn1ncc(C#N)c1SC(F)F. The lowest BCUT2D eigenvalue weighted by molar-refractivity contribution is 0.251. The number of hydrogen-bond donors (Lipinski definition) is 0. The van der Waals surface area contributed by atoms with Gasteiger partial charge in [-0.05, 0) is 11.8 Å². The number of halogens is 2. The maximum absolute atomic E-state index is 11.9. The van der Waals surface area contributed by atoms with E-state index in [1.807, 2.05) is 0 Å². The van der Waals surface area contributed by atoms with Crippen molar-refractivity contribution in [3.8, 4) is 6.07 Å². The number of alkyl halides is 2. The van der Waals surface area contributed by atoms with Crippen molar-refractivity contribution in [3.63, 3.8) is 0 Å². The Morgan fingerprint density at radius 1 is 1.75 bits per heavy atom. The first-order valence-corrected chi connectivity index (χ1v) is 3.90. The first kappa shape index (κ1) is 9.00. The van der Waals surface area contributed by atoms with Crippen molar-refractivity contribution in [2.24, 2.45) is 7.05 Å². The fourth-order valence-corrected chi connectivity index (χ4v) is 1.32. The predicted molar refractivity (Wildman–Crippen MR) is 39.8 cm³/mol. The van der Waals surface area contributed by atoms with Gasteiger partial charge >= 0.3 is 0 Å². The van der Waals surface area contributed by atoms with Crippen LogP contribution in [0.4, 0.5) is 8.78 Å². The Morgan fingerprint density at radius 2 is 2.42 bits per heavy atom. The molecule has 0 spiro atoms. The molecule has 0 aromatic carbocycles. The van der Waals surface area contributed by atoms with Crippen LogP contribution in [-0.4, -0.2) is 15.5 Å². The first-order valence-electron chi connectivity index (χ1n) is 3.02. The van der Waals surface area contributed by atoms with Gasteiger partial charge in [0.1, 0.15) is 16.7 Å². The molecular weight excluding hydrogens is 184 g/mol. The van der Waals surface area contributed by atoms with Gasteiger partial charge in [0.2, 0.25) is 0 Å². The third-order valence-corrected chi connectivity index (χ3v) is 2.09. The average molecular weight is 189 g/mol. The van der Waals surface area contributed by atoms with Crippen LogP contribution in [0.2, 0.25) is 0 Å². The molecule has 0 saturated carbocycles. The van der Waals surface area contributed by atoms with Gasteiger partial charge in [0, 0.05) is 7.05 Å². The van der Waals surface area contributed by atoms with E-state index in [-0.39, 0.29) is 10.6 Å². The third kappa shape index (κ3) is 1.74. The van der Waals surface area contributed by atoms with Crippen molar-refractivity contribution in [1.82, 2.24) is 9.78 Å². The second kappa shape index (κ2) is 3.54. The normalized spacial score (nSPS) is 10.2.